The zero-order chi connectivity index (χ0) is 17.5. The first-order valence-corrected chi connectivity index (χ1v) is 8.14. The van der Waals surface area contributed by atoms with Gasteiger partial charge in [0.25, 0.3) is 5.91 Å². The summed E-state index contributed by atoms with van der Waals surface area (Å²) in [6, 6.07) is 13.6. The van der Waals surface area contributed by atoms with Crippen molar-refractivity contribution in [2.75, 3.05) is 46.2 Å². The molecule has 1 aromatic carbocycles. The van der Waals surface area contributed by atoms with Crippen molar-refractivity contribution in [2.24, 2.45) is 0 Å². The van der Waals surface area contributed by atoms with Gasteiger partial charge in [0.05, 0.1) is 0 Å². The van der Waals surface area contributed by atoms with E-state index in [2.05, 4.69) is 28.9 Å². The lowest BCUT2D eigenvalue weighted by Gasteiger charge is -2.25. The number of amides is 1. The van der Waals surface area contributed by atoms with Crippen LogP contribution in [0.25, 0.3) is 0 Å². The predicted octanol–water partition coefficient (Wildman–Crippen LogP) is 2.87. The fourth-order valence-electron chi connectivity index (χ4n) is 2.48. The van der Waals surface area contributed by atoms with Crippen molar-refractivity contribution in [3.8, 4) is 0 Å². The largest absolute Gasteiger partial charge is 0.345 e. The number of nitrogens with zero attached hydrogens (tertiary/aromatic N) is 4. The Morgan fingerprint density at radius 2 is 1.67 bits per heavy atom. The van der Waals surface area contributed by atoms with Crippen LogP contribution < -0.4 is 4.90 Å². The van der Waals surface area contributed by atoms with Gasteiger partial charge in [-0.2, -0.15) is 0 Å². The average molecular weight is 326 g/mol. The minimum atomic E-state index is 0.0125. The molecule has 0 unspecified atom stereocenters. The second kappa shape index (κ2) is 8.45. The van der Waals surface area contributed by atoms with Gasteiger partial charge in [0.2, 0.25) is 0 Å². The summed E-state index contributed by atoms with van der Waals surface area (Å²) in [7, 11) is 7.68. The third kappa shape index (κ3) is 4.80. The Kier molecular flexibility index (Phi) is 6.32. The number of benzene rings is 1. The summed E-state index contributed by atoms with van der Waals surface area (Å²) < 4.78 is 0. The number of pyridine rings is 1. The lowest BCUT2D eigenvalue weighted by atomic mass is 10.1. The number of aromatic nitrogens is 1. The second-order valence-electron chi connectivity index (χ2n) is 6.24. The minimum absolute atomic E-state index is 0.0125. The Morgan fingerprint density at radius 1 is 0.958 bits per heavy atom. The maximum atomic E-state index is 12.0. The van der Waals surface area contributed by atoms with E-state index in [1.807, 2.05) is 42.5 Å². The van der Waals surface area contributed by atoms with Crippen LogP contribution in [0, 0.1) is 0 Å². The number of hydrogen-bond acceptors (Lipinski definition) is 4. The molecule has 0 saturated carbocycles. The van der Waals surface area contributed by atoms with E-state index in [9.17, 15) is 4.79 Å². The topological polar surface area (TPSA) is 39.7 Å². The van der Waals surface area contributed by atoms with Crippen LogP contribution >= 0.6 is 0 Å². The Morgan fingerprint density at radius 3 is 2.21 bits per heavy atom. The van der Waals surface area contributed by atoms with E-state index < -0.39 is 0 Å². The van der Waals surface area contributed by atoms with Crippen molar-refractivity contribution in [1.29, 1.82) is 0 Å². The zero-order valence-electron chi connectivity index (χ0n) is 14.9. The van der Waals surface area contributed by atoms with Gasteiger partial charge < -0.3 is 14.7 Å². The summed E-state index contributed by atoms with van der Waals surface area (Å²) in [6.07, 6.45) is 2.83. The number of anilines is 2. The quantitative estimate of drug-likeness (QED) is 0.784. The van der Waals surface area contributed by atoms with E-state index in [-0.39, 0.29) is 5.91 Å². The van der Waals surface area contributed by atoms with Crippen LogP contribution in [0.15, 0.2) is 48.7 Å². The first kappa shape index (κ1) is 17.9. The summed E-state index contributed by atoms with van der Waals surface area (Å²) in [5, 5.41) is 0. The Bertz CT molecular complexity index is 638. The highest BCUT2D eigenvalue weighted by atomic mass is 16.2. The maximum Gasteiger partial charge on any atom is 0.253 e. The van der Waals surface area contributed by atoms with E-state index in [1.54, 1.807) is 25.2 Å². The molecule has 0 spiro atoms. The molecule has 2 aromatic rings. The molecule has 0 aliphatic rings. The van der Waals surface area contributed by atoms with Crippen molar-refractivity contribution in [3.05, 3.63) is 54.2 Å². The molecular formula is C19H26N4O. The van der Waals surface area contributed by atoms with E-state index >= 15 is 0 Å². The molecule has 1 heterocycles. The molecule has 0 aliphatic carbocycles. The molecule has 1 aromatic heterocycles. The molecule has 0 aliphatic heterocycles. The smallest absolute Gasteiger partial charge is 0.253 e. The molecule has 0 saturated heterocycles. The molecule has 1 amide bonds. The fraction of sp³-hybridized carbons (Fsp3) is 0.368. The minimum Gasteiger partial charge on any atom is -0.345 e. The van der Waals surface area contributed by atoms with Gasteiger partial charge in [-0.05, 0) is 63.5 Å². The molecule has 0 N–H and O–H groups in total. The van der Waals surface area contributed by atoms with Crippen LogP contribution in [0.2, 0.25) is 0 Å². The molecule has 0 fully saturated rings. The molecule has 5 nitrogen and oxygen atoms in total. The van der Waals surface area contributed by atoms with Crippen molar-refractivity contribution in [3.63, 3.8) is 0 Å². The van der Waals surface area contributed by atoms with Crippen LogP contribution in [0.3, 0.4) is 0 Å². The number of rotatable bonds is 7. The monoisotopic (exact) mass is 326 g/mol. The molecule has 0 atom stereocenters. The van der Waals surface area contributed by atoms with Gasteiger partial charge in [-0.15, -0.1) is 0 Å². The number of carbonyl (C=O) groups is 1. The van der Waals surface area contributed by atoms with Crippen LogP contribution in [0.1, 0.15) is 16.8 Å². The van der Waals surface area contributed by atoms with E-state index in [0.29, 0.717) is 5.56 Å². The van der Waals surface area contributed by atoms with Gasteiger partial charge >= 0.3 is 0 Å². The van der Waals surface area contributed by atoms with E-state index in [0.717, 1.165) is 31.0 Å². The molecule has 0 bridgehead atoms. The van der Waals surface area contributed by atoms with Gasteiger partial charge in [-0.1, -0.05) is 6.07 Å². The Balaban J connectivity index is 2.21. The first-order valence-electron chi connectivity index (χ1n) is 8.14. The normalized spacial score (nSPS) is 10.7. The second-order valence-corrected chi connectivity index (χ2v) is 6.24. The average Bonchev–Trinajstić information content (AvgIpc) is 2.59. The highest BCUT2D eigenvalue weighted by Crippen LogP contribution is 2.24. The zero-order valence-corrected chi connectivity index (χ0v) is 14.9. The van der Waals surface area contributed by atoms with Gasteiger partial charge in [-0.25, -0.2) is 4.98 Å². The molecular weight excluding hydrogens is 300 g/mol. The summed E-state index contributed by atoms with van der Waals surface area (Å²) in [4.78, 5) is 22.5. The highest BCUT2D eigenvalue weighted by molar-refractivity contribution is 5.94. The molecule has 24 heavy (non-hydrogen) atoms. The van der Waals surface area contributed by atoms with Crippen LogP contribution in [-0.4, -0.2) is 62.0 Å². The molecule has 2 rings (SSSR count). The lowest BCUT2D eigenvalue weighted by Crippen LogP contribution is -2.24. The van der Waals surface area contributed by atoms with Gasteiger partial charge in [0.1, 0.15) is 5.82 Å². The summed E-state index contributed by atoms with van der Waals surface area (Å²) in [6.45, 7) is 1.89. The van der Waals surface area contributed by atoms with Crippen molar-refractivity contribution in [2.45, 2.75) is 6.42 Å². The van der Waals surface area contributed by atoms with Crippen molar-refractivity contribution >= 4 is 17.4 Å². The summed E-state index contributed by atoms with van der Waals surface area (Å²) >= 11 is 0. The van der Waals surface area contributed by atoms with Gasteiger partial charge in [0, 0.05) is 38.1 Å². The molecule has 5 heteroatoms. The predicted molar refractivity (Wildman–Crippen MR) is 98.9 cm³/mol. The van der Waals surface area contributed by atoms with Crippen molar-refractivity contribution < 1.29 is 4.79 Å². The molecule has 128 valence electrons. The van der Waals surface area contributed by atoms with Gasteiger partial charge in [-0.3, -0.25) is 4.79 Å². The van der Waals surface area contributed by atoms with Crippen LogP contribution in [0.4, 0.5) is 11.5 Å². The van der Waals surface area contributed by atoms with Crippen molar-refractivity contribution in [1.82, 2.24) is 14.8 Å². The number of hydrogen-bond donors (Lipinski definition) is 0. The fourth-order valence-corrected chi connectivity index (χ4v) is 2.48. The Hall–Kier alpha value is -2.40. The third-order valence-electron chi connectivity index (χ3n) is 3.74. The number of carbonyl (C=O) groups excluding carboxylic acids is 1. The summed E-state index contributed by atoms with van der Waals surface area (Å²) in [5.74, 6) is 0.932. The van der Waals surface area contributed by atoms with Crippen LogP contribution in [-0.2, 0) is 0 Å². The first-order chi connectivity index (χ1) is 11.5. The molecule has 0 radical (unpaired) electrons. The lowest BCUT2D eigenvalue weighted by molar-refractivity contribution is 0.0827. The standard InChI is InChI=1S/C19H26N4O/c1-21(2)14-7-15-23(18-8-5-6-13-20-18)17-11-9-16(10-12-17)19(24)22(3)4/h5-6,8-13H,7,14-15H2,1-4H3. The van der Waals surface area contributed by atoms with E-state index in [1.165, 1.54) is 0 Å². The Labute approximate surface area is 144 Å². The van der Waals surface area contributed by atoms with E-state index in [4.69, 9.17) is 0 Å². The van der Waals surface area contributed by atoms with Gasteiger partial charge in [0.15, 0.2) is 0 Å². The SMILES string of the molecule is CN(C)CCCN(c1ccc(C(=O)N(C)C)cc1)c1ccccn1. The summed E-state index contributed by atoms with van der Waals surface area (Å²) in [5.41, 5.74) is 1.74. The highest BCUT2D eigenvalue weighted by Gasteiger charge is 2.12. The van der Waals surface area contributed by atoms with Crippen LogP contribution in [0.5, 0.6) is 0 Å². The third-order valence-corrected chi connectivity index (χ3v) is 3.74. The maximum absolute atomic E-state index is 12.0.